The van der Waals surface area contributed by atoms with Crippen LogP contribution in [0.25, 0.3) is 6.08 Å². The molecule has 6 heteroatoms. The summed E-state index contributed by atoms with van der Waals surface area (Å²) in [7, 11) is 0. The lowest BCUT2D eigenvalue weighted by molar-refractivity contribution is 0.239. The SMILES string of the molecule is CCN1CC2=C(OC(N)=C(C#N)C2c2cccc(Br)c2)/C(=C/c2cccc(Br)c2)C1. The van der Waals surface area contributed by atoms with E-state index in [2.05, 4.69) is 68.0 Å². The van der Waals surface area contributed by atoms with E-state index in [4.69, 9.17) is 10.5 Å². The number of allylic oxidation sites excluding steroid dienone is 1. The molecule has 30 heavy (non-hydrogen) atoms. The molecule has 2 aliphatic heterocycles. The van der Waals surface area contributed by atoms with Gasteiger partial charge in [0.2, 0.25) is 5.88 Å². The predicted molar refractivity (Wildman–Crippen MR) is 126 cm³/mol. The second kappa shape index (κ2) is 8.81. The molecule has 0 spiro atoms. The first-order valence-electron chi connectivity index (χ1n) is 9.75. The molecule has 4 rings (SSSR count). The molecule has 0 saturated heterocycles. The predicted octanol–water partition coefficient (Wildman–Crippen LogP) is 5.69. The lowest BCUT2D eigenvalue weighted by Crippen LogP contribution is -2.38. The molecule has 0 aromatic heterocycles. The largest absolute Gasteiger partial charge is 0.440 e. The quantitative estimate of drug-likeness (QED) is 0.557. The van der Waals surface area contributed by atoms with E-state index in [9.17, 15) is 5.26 Å². The molecular formula is C24H21Br2N3O. The van der Waals surface area contributed by atoms with Crippen LogP contribution in [-0.4, -0.2) is 24.5 Å². The highest BCUT2D eigenvalue weighted by Gasteiger charge is 2.37. The zero-order valence-corrected chi connectivity index (χ0v) is 19.7. The van der Waals surface area contributed by atoms with Gasteiger partial charge in [-0.3, -0.25) is 4.90 Å². The smallest absolute Gasteiger partial charge is 0.205 e. The van der Waals surface area contributed by atoms with Crippen LogP contribution in [-0.2, 0) is 4.74 Å². The van der Waals surface area contributed by atoms with Crippen LogP contribution in [0, 0.1) is 11.3 Å². The third-order valence-electron chi connectivity index (χ3n) is 5.43. The summed E-state index contributed by atoms with van der Waals surface area (Å²) in [6, 6.07) is 18.5. The molecule has 2 aromatic rings. The van der Waals surface area contributed by atoms with Crippen LogP contribution in [0.2, 0.25) is 0 Å². The maximum Gasteiger partial charge on any atom is 0.205 e. The Bertz CT molecular complexity index is 1130. The highest BCUT2D eigenvalue weighted by Crippen LogP contribution is 2.44. The van der Waals surface area contributed by atoms with Crippen LogP contribution in [0.15, 0.2) is 85.8 Å². The number of halogens is 2. The molecule has 2 aromatic carbocycles. The number of nitrogens with zero attached hydrogens (tertiary/aromatic N) is 2. The van der Waals surface area contributed by atoms with Crippen molar-refractivity contribution < 1.29 is 4.74 Å². The minimum absolute atomic E-state index is 0.186. The van der Waals surface area contributed by atoms with E-state index in [1.807, 2.05) is 36.4 Å². The summed E-state index contributed by atoms with van der Waals surface area (Å²) in [5.74, 6) is 0.754. The van der Waals surface area contributed by atoms with E-state index in [0.717, 1.165) is 56.6 Å². The Morgan fingerprint density at radius 3 is 2.57 bits per heavy atom. The third-order valence-corrected chi connectivity index (χ3v) is 6.41. The average molecular weight is 527 g/mol. The first kappa shape index (κ1) is 20.9. The highest BCUT2D eigenvalue weighted by molar-refractivity contribution is 9.10. The van der Waals surface area contributed by atoms with Crippen LogP contribution in [0.1, 0.15) is 24.0 Å². The number of likely N-dealkylation sites (N-methyl/N-ethyl adjacent to an activating group) is 1. The standard InChI is InChI=1S/C24H21Br2N3O/c1-2-29-13-17(9-15-5-3-7-18(25)10-15)23-21(14-29)22(20(12-27)24(28)30-23)16-6-4-8-19(26)11-16/h3-11,22H,2,13-14,28H2,1H3/b17-9+. The summed E-state index contributed by atoms with van der Waals surface area (Å²) < 4.78 is 8.07. The first-order chi connectivity index (χ1) is 14.5. The monoisotopic (exact) mass is 525 g/mol. The molecule has 0 amide bonds. The molecule has 4 nitrogen and oxygen atoms in total. The van der Waals surface area contributed by atoms with Crippen molar-refractivity contribution in [3.05, 3.63) is 97.0 Å². The minimum Gasteiger partial charge on any atom is -0.440 e. The highest BCUT2D eigenvalue weighted by atomic mass is 79.9. The summed E-state index contributed by atoms with van der Waals surface area (Å²) in [4.78, 5) is 2.35. The molecule has 2 N–H and O–H groups in total. The molecule has 2 aliphatic rings. The molecule has 2 heterocycles. The van der Waals surface area contributed by atoms with Gasteiger partial charge in [0.25, 0.3) is 0 Å². The fourth-order valence-corrected chi connectivity index (χ4v) is 4.86. The van der Waals surface area contributed by atoms with E-state index >= 15 is 0 Å². The van der Waals surface area contributed by atoms with E-state index in [0.29, 0.717) is 5.57 Å². The molecule has 152 valence electrons. The number of rotatable bonds is 3. The first-order valence-corrected chi connectivity index (χ1v) is 11.3. The van der Waals surface area contributed by atoms with Gasteiger partial charge in [0.05, 0.1) is 5.92 Å². The number of nitrogens with two attached hydrogens (primary N) is 1. The van der Waals surface area contributed by atoms with Gasteiger partial charge in [0.1, 0.15) is 17.4 Å². The molecule has 0 bridgehead atoms. The van der Waals surface area contributed by atoms with Gasteiger partial charge in [-0.05, 0) is 53.6 Å². The Hall–Kier alpha value is -2.33. The van der Waals surface area contributed by atoms with Crippen molar-refractivity contribution in [3.8, 4) is 6.07 Å². The molecule has 1 atom stereocenters. The Labute approximate surface area is 193 Å². The lowest BCUT2D eigenvalue weighted by atomic mass is 9.80. The fraction of sp³-hybridized carbons (Fsp3) is 0.208. The van der Waals surface area contributed by atoms with Gasteiger partial charge >= 0.3 is 0 Å². The van der Waals surface area contributed by atoms with Crippen LogP contribution < -0.4 is 5.73 Å². The topological polar surface area (TPSA) is 62.3 Å². The van der Waals surface area contributed by atoms with Crippen LogP contribution in [0.3, 0.4) is 0 Å². The van der Waals surface area contributed by atoms with Crippen molar-refractivity contribution in [1.82, 2.24) is 4.90 Å². The van der Waals surface area contributed by atoms with Gasteiger partial charge in [-0.25, -0.2) is 0 Å². The second-order valence-corrected chi connectivity index (χ2v) is 9.19. The van der Waals surface area contributed by atoms with Crippen LogP contribution in [0.5, 0.6) is 0 Å². The van der Waals surface area contributed by atoms with Crippen molar-refractivity contribution >= 4 is 37.9 Å². The van der Waals surface area contributed by atoms with Gasteiger partial charge in [0.15, 0.2) is 0 Å². The number of hydrogen-bond acceptors (Lipinski definition) is 4. The van der Waals surface area contributed by atoms with E-state index in [-0.39, 0.29) is 11.8 Å². The Balaban J connectivity index is 1.89. The van der Waals surface area contributed by atoms with Crippen LogP contribution >= 0.6 is 31.9 Å². The van der Waals surface area contributed by atoms with Gasteiger partial charge in [-0.15, -0.1) is 0 Å². The Kier molecular flexibility index (Phi) is 6.14. The van der Waals surface area contributed by atoms with E-state index in [1.165, 1.54) is 0 Å². The van der Waals surface area contributed by atoms with Crippen molar-refractivity contribution in [2.45, 2.75) is 12.8 Å². The maximum atomic E-state index is 9.87. The van der Waals surface area contributed by atoms with Crippen LogP contribution in [0.4, 0.5) is 0 Å². The number of nitriles is 1. The van der Waals surface area contributed by atoms with Gasteiger partial charge in [0, 0.05) is 27.6 Å². The maximum absolute atomic E-state index is 9.87. The van der Waals surface area contributed by atoms with Crippen molar-refractivity contribution in [3.63, 3.8) is 0 Å². The molecule has 0 aliphatic carbocycles. The number of hydrogen-bond donors (Lipinski definition) is 1. The van der Waals surface area contributed by atoms with Gasteiger partial charge < -0.3 is 10.5 Å². The molecular weight excluding hydrogens is 506 g/mol. The van der Waals surface area contributed by atoms with Crippen molar-refractivity contribution in [2.75, 3.05) is 19.6 Å². The number of ether oxygens (including phenoxy) is 1. The van der Waals surface area contributed by atoms with Crippen molar-refractivity contribution in [1.29, 1.82) is 5.26 Å². The molecule has 0 fully saturated rings. The zero-order chi connectivity index (χ0) is 21.3. The average Bonchev–Trinajstić information content (AvgIpc) is 2.73. The zero-order valence-electron chi connectivity index (χ0n) is 16.5. The summed E-state index contributed by atoms with van der Waals surface area (Å²) in [6.45, 7) is 4.55. The number of benzene rings is 2. The molecule has 0 radical (unpaired) electrons. The van der Waals surface area contributed by atoms with E-state index < -0.39 is 0 Å². The summed E-state index contributed by atoms with van der Waals surface area (Å²) >= 11 is 7.10. The van der Waals surface area contributed by atoms with Crippen molar-refractivity contribution in [2.24, 2.45) is 5.73 Å². The van der Waals surface area contributed by atoms with Gasteiger partial charge in [-0.1, -0.05) is 63.0 Å². The fourth-order valence-electron chi connectivity index (χ4n) is 4.03. The lowest BCUT2D eigenvalue weighted by Gasteiger charge is -2.38. The normalized spacial score (nSPS) is 20.7. The third kappa shape index (κ3) is 4.11. The second-order valence-electron chi connectivity index (χ2n) is 7.36. The summed E-state index contributed by atoms with van der Waals surface area (Å²) in [5.41, 5.74) is 11.0. The Morgan fingerprint density at radius 1 is 1.17 bits per heavy atom. The van der Waals surface area contributed by atoms with E-state index in [1.54, 1.807) is 0 Å². The Morgan fingerprint density at radius 2 is 1.90 bits per heavy atom. The minimum atomic E-state index is -0.225. The summed E-state index contributed by atoms with van der Waals surface area (Å²) in [6.07, 6.45) is 2.14. The van der Waals surface area contributed by atoms with Gasteiger partial charge in [-0.2, -0.15) is 5.26 Å². The summed E-state index contributed by atoms with van der Waals surface area (Å²) in [5, 5.41) is 9.87. The molecule has 1 unspecified atom stereocenters. The molecule has 0 saturated carbocycles.